The van der Waals surface area contributed by atoms with Crippen molar-refractivity contribution in [3.63, 3.8) is 0 Å². The predicted octanol–water partition coefficient (Wildman–Crippen LogP) is 4.84. The van der Waals surface area contributed by atoms with Gasteiger partial charge in [0.05, 0.1) is 18.6 Å². The first-order valence-corrected chi connectivity index (χ1v) is 11.9. The van der Waals surface area contributed by atoms with E-state index in [-0.39, 0.29) is 29.4 Å². The molecule has 35 heavy (non-hydrogen) atoms. The minimum atomic E-state index is -0.559. The first-order valence-electron chi connectivity index (χ1n) is 10.9. The summed E-state index contributed by atoms with van der Waals surface area (Å²) in [4.78, 5) is 24.0. The number of carbonyl (C=O) groups excluding carboxylic acids is 2. The summed E-state index contributed by atoms with van der Waals surface area (Å²) in [6.07, 6.45) is -0.559. The van der Waals surface area contributed by atoms with Gasteiger partial charge in [0.2, 0.25) is 11.8 Å². The molecular formula is C24H28FN5O4S. The number of carbonyl (C=O) groups is 2. The lowest BCUT2D eigenvalue weighted by molar-refractivity contribution is -0.114. The molecule has 0 bridgehead atoms. The van der Waals surface area contributed by atoms with E-state index in [4.69, 9.17) is 9.47 Å². The summed E-state index contributed by atoms with van der Waals surface area (Å²) in [6, 6.07) is 11.1. The monoisotopic (exact) mass is 501 g/mol. The third kappa shape index (κ3) is 6.72. The van der Waals surface area contributed by atoms with Crippen LogP contribution in [0.3, 0.4) is 0 Å². The highest BCUT2D eigenvalue weighted by molar-refractivity contribution is 7.99. The number of ether oxygens (including phenoxy) is 2. The fourth-order valence-corrected chi connectivity index (χ4v) is 4.21. The van der Waals surface area contributed by atoms with Crippen LogP contribution < -0.4 is 20.1 Å². The van der Waals surface area contributed by atoms with Crippen molar-refractivity contribution in [2.75, 3.05) is 23.5 Å². The highest BCUT2D eigenvalue weighted by atomic mass is 32.2. The maximum atomic E-state index is 14.0. The molecule has 1 aromatic heterocycles. The Morgan fingerprint density at radius 3 is 2.49 bits per heavy atom. The van der Waals surface area contributed by atoms with Crippen molar-refractivity contribution < 1.29 is 23.5 Å². The average molecular weight is 502 g/mol. The largest absolute Gasteiger partial charge is 0.495 e. The molecule has 11 heteroatoms. The Labute approximate surface area is 207 Å². The smallest absolute Gasteiger partial charge is 0.234 e. The van der Waals surface area contributed by atoms with Crippen LogP contribution in [0.4, 0.5) is 15.8 Å². The summed E-state index contributed by atoms with van der Waals surface area (Å²) in [5, 5.41) is 14.5. The molecule has 9 nitrogen and oxygen atoms in total. The topological polar surface area (TPSA) is 107 Å². The highest BCUT2D eigenvalue weighted by Gasteiger charge is 2.23. The number of methoxy groups -OCH3 is 1. The second kappa shape index (κ2) is 11.7. The van der Waals surface area contributed by atoms with E-state index in [0.717, 1.165) is 0 Å². The fraction of sp³-hybridized carbons (Fsp3) is 0.333. The number of anilines is 2. The first-order chi connectivity index (χ1) is 16.7. The number of benzene rings is 2. The van der Waals surface area contributed by atoms with Gasteiger partial charge in [0.25, 0.3) is 0 Å². The van der Waals surface area contributed by atoms with Crippen LogP contribution in [0.1, 0.15) is 45.7 Å². The van der Waals surface area contributed by atoms with Crippen molar-refractivity contribution in [2.24, 2.45) is 0 Å². The van der Waals surface area contributed by atoms with Crippen LogP contribution in [0, 0.1) is 5.82 Å². The van der Waals surface area contributed by atoms with Gasteiger partial charge >= 0.3 is 0 Å². The van der Waals surface area contributed by atoms with Gasteiger partial charge in [-0.3, -0.25) is 9.59 Å². The van der Waals surface area contributed by atoms with E-state index in [2.05, 4.69) is 20.8 Å². The van der Waals surface area contributed by atoms with Crippen molar-refractivity contribution in [1.82, 2.24) is 14.8 Å². The number of rotatable bonds is 10. The quantitative estimate of drug-likeness (QED) is 0.383. The Balaban J connectivity index is 1.68. The van der Waals surface area contributed by atoms with E-state index in [1.807, 2.05) is 18.4 Å². The first kappa shape index (κ1) is 26.0. The van der Waals surface area contributed by atoms with Crippen LogP contribution in [0.5, 0.6) is 11.5 Å². The SMILES string of the molecule is COc1ccc(NC(=O)CSc2nnc(C(C)Oc3ccccc3F)n2C(C)C)cc1NC(C)=O. The van der Waals surface area contributed by atoms with Gasteiger partial charge in [-0.05, 0) is 51.1 Å². The number of nitrogens with one attached hydrogen (secondary N) is 2. The molecule has 186 valence electrons. The molecule has 0 saturated carbocycles. The molecule has 0 radical (unpaired) electrons. The van der Waals surface area contributed by atoms with Crippen molar-refractivity contribution in [2.45, 2.75) is 45.0 Å². The molecule has 1 atom stereocenters. The van der Waals surface area contributed by atoms with Crippen LogP contribution in [-0.2, 0) is 9.59 Å². The number of nitrogens with zero attached hydrogens (tertiary/aromatic N) is 3. The number of para-hydroxylation sites is 1. The Kier molecular flexibility index (Phi) is 8.69. The Hall–Kier alpha value is -3.60. The van der Waals surface area contributed by atoms with Gasteiger partial charge in [-0.25, -0.2) is 4.39 Å². The minimum absolute atomic E-state index is 0.0148. The lowest BCUT2D eigenvalue weighted by atomic mass is 10.2. The number of thioether (sulfide) groups is 1. The van der Waals surface area contributed by atoms with Gasteiger partial charge in [-0.1, -0.05) is 23.9 Å². The lowest BCUT2D eigenvalue weighted by Gasteiger charge is -2.19. The van der Waals surface area contributed by atoms with Gasteiger partial charge in [0, 0.05) is 18.7 Å². The standard InChI is InChI=1S/C24H28FN5O4S/c1-14(2)30-23(15(3)34-20-9-7-6-8-18(20)25)28-29-24(30)35-13-22(32)27-17-10-11-21(33-5)19(12-17)26-16(4)31/h6-12,14-15H,13H2,1-5H3,(H,26,31)(H,27,32). The van der Waals surface area contributed by atoms with E-state index >= 15 is 0 Å². The van der Waals surface area contributed by atoms with Gasteiger partial charge < -0.3 is 24.7 Å². The zero-order chi connectivity index (χ0) is 25.5. The molecule has 2 amide bonds. The molecule has 0 fully saturated rings. The second-order valence-corrected chi connectivity index (χ2v) is 8.87. The molecule has 3 aromatic rings. The van der Waals surface area contributed by atoms with Crippen molar-refractivity contribution in [3.05, 3.63) is 54.1 Å². The molecule has 1 heterocycles. The Morgan fingerprint density at radius 2 is 1.83 bits per heavy atom. The van der Waals surface area contributed by atoms with Gasteiger partial charge in [0.1, 0.15) is 5.75 Å². The number of hydrogen-bond donors (Lipinski definition) is 2. The van der Waals surface area contributed by atoms with Crippen molar-refractivity contribution in [1.29, 1.82) is 0 Å². The van der Waals surface area contributed by atoms with E-state index in [1.54, 1.807) is 43.3 Å². The van der Waals surface area contributed by atoms with Gasteiger partial charge in [0.15, 0.2) is 28.7 Å². The van der Waals surface area contributed by atoms with Crippen molar-refractivity contribution >= 4 is 35.0 Å². The minimum Gasteiger partial charge on any atom is -0.495 e. The summed E-state index contributed by atoms with van der Waals surface area (Å²) in [6.45, 7) is 7.09. The van der Waals surface area contributed by atoms with E-state index in [1.165, 1.54) is 31.9 Å². The number of halogens is 1. The zero-order valence-electron chi connectivity index (χ0n) is 20.2. The molecule has 2 aromatic carbocycles. The summed E-state index contributed by atoms with van der Waals surface area (Å²) >= 11 is 1.23. The fourth-order valence-electron chi connectivity index (χ4n) is 3.33. The van der Waals surface area contributed by atoms with Crippen molar-refractivity contribution in [3.8, 4) is 11.5 Å². The van der Waals surface area contributed by atoms with E-state index < -0.39 is 11.9 Å². The molecule has 0 aliphatic heterocycles. The molecule has 3 rings (SSSR count). The Bertz CT molecular complexity index is 1200. The van der Waals surface area contributed by atoms with Crippen LogP contribution in [0.25, 0.3) is 0 Å². The predicted molar refractivity (Wildman–Crippen MR) is 133 cm³/mol. The number of hydrogen-bond acceptors (Lipinski definition) is 7. The molecule has 0 aliphatic rings. The van der Waals surface area contributed by atoms with Crippen LogP contribution in [0.15, 0.2) is 47.6 Å². The molecule has 0 saturated heterocycles. The van der Waals surface area contributed by atoms with E-state index in [9.17, 15) is 14.0 Å². The summed E-state index contributed by atoms with van der Waals surface area (Å²) in [5.74, 6) is 0.253. The second-order valence-electron chi connectivity index (χ2n) is 7.93. The van der Waals surface area contributed by atoms with Crippen LogP contribution >= 0.6 is 11.8 Å². The maximum absolute atomic E-state index is 14.0. The maximum Gasteiger partial charge on any atom is 0.234 e. The molecule has 0 spiro atoms. The average Bonchev–Trinajstić information content (AvgIpc) is 3.23. The molecule has 2 N–H and O–H groups in total. The number of amides is 2. The third-order valence-corrected chi connectivity index (χ3v) is 5.78. The van der Waals surface area contributed by atoms with Gasteiger partial charge in [-0.15, -0.1) is 10.2 Å². The Morgan fingerprint density at radius 1 is 1.09 bits per heavy atom. The van der Waals surface area contributed by atoms with Gasteiger partial charge in [-0.2, -0.15) is 0 Å². The third-order valence-electron chi connectivity index (χ3n) is 4.84. The summed E-state index contributed by atoms with van der Waals surface area (Å²) < 4.78 is 26.9. The summed E-state index contributed by atoms with van der Waals surface area (Å²) in [5.41, 5.74) is 0.969. The summed E-state index contributed by atoms with van der Waals surface area (Å²) in [7, 11) is 1.50. The lowest BCUT2D eigenvalue weighted by Crippen LogP contribution is -2.17. The van der Waals surface area contributed by atoms with E-state index in [0.29, 0.717) is 28.1 Å². The molecule has 0 aliphatic carbocycles. The van der Waals surface area contributed by atoms with Crippen LogP contribution in [0.2, 0.25) is 0 Å². The molecule has 1 unspecified atom stereocenters. The zero-order valence-corrected chi connectivity index (χ0v) is 21.0. The number of aromatic nitrogens is 3. The normalized spacial score (nSPS) is 11.7. The van der Waals surface area contributed by atoms with Crippen LogP contribution in [-0.4, -0.2) is 39.4 Å². The highest BCUT2D eigenvalue weighted by Crippen LogP contribution is 2.30. The molecular weight excluding hydrogens is 473 g/mol.